The number of benzene rings is 1. The highest BCUT2D eigenvalue weighted by atomic mass is 16.3. The van der Waals surface area contributed by atoms with Gasteiger partial charge in [0, 0.05) is 30.3 Å². The third kappa shape index (κ3) is 5.48. The van der Waals surface area contributed by atoms with E-state index in [4.69, 9.17) is 5.11 Å². The molecule has 0 aliphatic carbocycles. The van der Waals surface area contributed by atoms with Gasteiger partial charge in [-0.2, -0.15) is 0 Å². The van der Waals surface area contributed by atoms with Crippen LogP contribution in [0.2, 0.25) is 0 Å². The lowest BCUT2D eigenvalue weighted by molar-refractivity contribution is -0.115. The minimum Gasteiger partial charge on any atom is -0.396 e. The Morgan fingerprint density at radius 1 is 1.27 bits per heavy atom. The number of carbonyl (C=O) groups is 2. The molecule has 0 fully saturated rings. The van der Waals surface area contributed by atoms with Crippen LogP contribution in [0.25, 0.3) is 0 Å². The lowest BCUT2D eigenvalue weighted by Gasteiger charge is -2.31. The van der Waals surface area contributed by atoms with Crippen molar-refractivity contribution in [2.24, 2.45) is 5.41 Å². The van der Waals surface area contributed by atoms with Crippen LogP contribution < -0.4 is 10.6 Å². The summed E-state index contributed by atoms with van der Waals surface area (Å²) in [5.41, 5.74) is 0.946. The van der Waals surface area contributed by atoms with Crippen LogP contribution in [0.3, 0.4) is 0 Å². The highest BCUT2D eigenvalue weighted by molar-refractivity contribution is 5.97. The van der Waals surface area contributed by atoms with E-state index in [2.05, 4.69) is 10.6 Å². The maximum atomic E-state index is 12.4. The normalized spacial score (nSPS) is 12.6. The minimum atomic E-state index is -0.207. The van der Waals surface area contributed by atoms with Gasteiger partial charge < -0.3 is 15.7 Å². The quantitative estimate of drug-likeness (QED) is 0.756. The Morgan fingerprint density at radius 3 is 2.50 bits per heavy atom. The molecule has 1 unspecified atom stereocenters. The third-order valence-electron chi connectivity index (χ3n) is 3.50. The van der Waals surface area contributed by atoms with Crippen LogP contribution in [0.15, 0.2) is 24.3 Å². The fraction of sp³-hybridized carbons (Fsp3) is 0.529. The monoisotopic (exact) mass is 306 g/mol. The standard InChI is InChI=1S/C17H26N2O3/c1-5-15(21)18-13-8-6-7-12(11-13)16(22)19-14(9-10-20)17(2,3)4/h6-8,11,14,20H,5,9-10H2,1-4H3,(H,18,21)(H,19,22). The fourth-order valence-corrected chi connectivity index (χ4v) is 2.08. The number of aliphatic hydroxyl groups is 1. The first kappa shape index (κ1) is 18.2. The first-order valence-electron chi connectivity index (χ1n) is 7.59. The van der Waals surface area contributed by atoms with Crippen molar-refractivity contribution in [2.75, 3.05) is 11.9 Å². The number of nitrogens with one attached hydrogen (secondary N) is 2. The van der Waals surface area contributed by atoms with Crippen molar-refractivity contribution in [1.29, 1.82) is 0 Å². The van der Waals surface area contributed by atoms with Gasteiger partial charge in [-0.05, 0) is 30.0 Å². The third-order valence-corrected chi connectivity index (χ3v) is 3.50. The molecule has 0 heterocycles. The zero-order chi connectivity index (χ0) is 16.8. The number of rotatable bonds is 6. The zero-order valence-corrected chi connectivity index (χ0v) is 13.8. The molecule has 1 aromatic carbocycles. The summed E-state index contributed by atoms with van der Waals surface area (Å²) in [7, 11) is 0. The molecule has 0 radical (unpaired) electrons. The summed E-state index contributed by atoms with van der Waals surface area (Å²) in [6.07, 6.45) is 0.889. The Morgan fingerprint density at radius 2 is 1.95 bits per heavy atom. The van der Waals surface area contributed by atoms with Gasteiger partial charge >= 0.3 is 0 Å². The molecule has 0 aliphatic heterocycles. The van der Waals surface area contributed by atoms with Gasteiger partial charge in [0.05, 0.1) is 0 Å². The van der Waals surface area contributed by atoms with Crippen molar-refractivity contribution in [3.05, 3.63) is 29.8 Å². The molecule has 5 heteroatoms. The molecule has 1 atom stereocenters. The fourth-order valence-electron chi connectivity index (χ4n) is 2.08. The van der Waals surface area contributed by atoms with E-state index >= 15 is 0 Å². The number of hydrogen-bond acceptors (Lipinski definition) is 3. The summed E-state index contributed by atoms with van der Waals surface area (Å²) in [6, 6.07) is 6.72. The topological polar surface area (TPSA) is 78.4 Å². The maximum Gasteiger partial charge on any atom is 0.251 e. The van der Waals surface area contributed by atoms with Crippen molar-refractivity contribution in [3.8, 4) is 0 Å². The van der Waals surface area contributed by atoms with E-state index in [0.717, 1.165) is 0 Å². The number of amides is 2. The largest absolute Gasteiger partial charge is 0.396 e. The van der Waals surface area contributed by atoms with Crippen LogP contribution in [0.5, 0.6) is 0 Å². The zero-order valence-electron chi connectivity index (χ0n) is 13.8. The molecule has 22 heavy (non-hydrogen) atoms. The molecule has 122 valence electrons. The van der Waals surface area contributed by atoms with Gasteiger partial charge in [0.25, 0.3) is 5.91 Å². The average Bonchev–Trinajstić information content (AvgIpc) is 2.45. The van der Waals surface area contributed by atoms with Gasteiger partial charge in [-0.3, -0.25) is 9.59 Å². The van der Waals surface area contributed by atoms with Crippen molar-refractivity contribution in [2.45, 2.75) is 46.6 Å². The van der Waals surface area contributed by atoms with Crippen molar-refractivity contribution in [3.63, 3.8) is 0 Å². The van der Waals surface area contributed by atoms with Crippen LogP contribution in [0.1, 0.15) is 50.9 Å². The van der Waals surface area contributed by atoms with Gasteiger partial charge in [0.1, 0.15) is 0 Å². The molecule has 0 spiro atoms. The van der Waals surface area contributed by atoms with E-state index in [-0.39, 0.29) is 29.9 Å². The predicted octanol–water partition coefficient (Wildman–Crippen LogP) is 2.56. The van der Waals surface area contributed by atoms with Crippen LogP contribution in [-0.4, -0.2) is 29.6 Å². The number of carbonyl (C=O) groups excluding carboxylic acids is 2. The summed E-state index contributed by atoms with van der Waals surface area (Å²) >= 11 is 0. The van der Waals surface area contributed by atoms with Gasteiger partial charge in [-0.25, -0.2) is 0 Å². The minimum absolute atomic E-state index is 0.0226. The smallest absolute Gasteiger partial charge is 0.251 e. The molecular formula is C17H26N2O3. The second-order valence-corrected chi connectivity index (χ2v) is 6.39. The summed E-state index contributed by atoms with van der Waals surface area (Å²) in [5, 5.41) is 14.8. The Balaban J connectivity index is 2.84. The first-order valence-corrected chi connectivity index (χ1v) is 7.59. The highest BCUT2D eigenvalue weighted by Gasteiger charge is 2.26. The molecule has 1 rings (SSSR count). The summed E-state index contributed by atoms with van der Waals surface area (Å²) in [5.74, 6) is -0.300. The maximum absolute atomic E-state index is 12.4. The van der Waals surface area contributed by atoms with E-state index in [0.29, 0.717) is 24.1 Å². The molecule has 0 aromatic heterocycles. The Labute approximate surface area is 132 Å². The molecule has 0 saturated heterocycles. The SMILES string of the molecule is CCC(=O)Nc1cccc(C(=O)NC(CCO)C(C)(C)C)c1. The number of hydrogen-bond donors (Lipinski definition) is 3. The lowest BCUT2D eigenvalue weighted by atomic mass is 9.84. The van der Waals surface area contributed by atoms with Crippen LogP contribution in [-0.2, 0) is 4.79 Å². The first-order chi connectivity index (χ1) is 10.3. The molecular weight excluding hydrogens is 280 g/mol. The molecule has 3 N–H and O–H groups in total. The van der Waals surface area contributed by atoms with E-state index in [1.54, 1.807) is 31.2 Å². The second-order valence-electron chi connectivity index (χ2n) is 6.39. The van der Waals surface area contributed by atoms with Crippen molar-refractivity contribution < 1.29 is 14.7 Å². The molecule has 1 aromatic rings. The molecule has 2 amide bonds. The lowest BCUT2D eigenvalue weighted by Crippen LogP contribution is -2.44. The predicted molar refractivity (Wildman–Crippen MR) is 87.8 cm³/mol. The van der Waals surface area contributed by atoms with Gasteiger partial charge in [-0.15, -0.1) is 0 Å². The Kier molecular flexibility index (Phi) is 6.56. The van der Waals surface area contributed by atoms with E-state index in [1.807, 2.05) is 20.8 Å². The summed E-state index contributed by atoms with van der Waals surface area (Å²) < 4.78 is 0. The summed E-state index contributed by atoms with van der Waals surface area (Å²) in [4.78, 5) is 23.8. The highest BCUT2D eigenvalue weighted by Crippen LogP contribution is 2.22. The van der Waals surface area contributed by atoms with Crippen LogP contribution in [0.4, 0.5) is 5.69 Å². The van der Waals surface area contributed by atoms with E-state index < -0.39 is 0 Å². The molecule has 0 saturated carbocycles. The number of aliphatic hydroxyl groups excluding tert-OH is 1. The van der Waals surface area contributed by atoms with Crippen molar-refractivity contribution in [1.82, 2.24) is 5.32 Å². The van der Waals surface area contributed by atoms with Crippen LogP contribution >= 0.6 is 0 Å². The van der Waals surface area contributed by atoms with Crippen molar-refractivity contribution >= 4 is 17.5 Å². The molecule has 0 aliphatic rings. The Bertz CT molecular complexity index is 521. The van der Waals surface area contributed by atoms with Gasteiger partial charge in [-0.1, -0.05) is 33.8 Å². The molecule has 5 nitrogen and oxygen atoms in total. The second kappa shape index (κ2) is 7.94. The van der Waals surface area contributed by atoms with E-state index in [1.165, 1.54) is 0 Å². The molecule has 0 bridgehead atoms. The van der Waals surface area contributed by atoms with Gasteiger partial charge in [0.2, 0.25) is 5.91 Å². The van der Waals surface area contributed by atoms with Crippen LogP contribution in [0, 0.1) is 5.41 Å². The van der Waals surface area contributed by atoms with Gasteiger partial charge in [0.15, 0.2) is 0 Å². The Hall–Kier alpha value is -1.88. The van der Waals surface area contributed by atoms with E-state index in [9.17, 15) is 9.59 Å². The number of anilines is 1. The average molecular weight is 306 g/mol. The summed E-state index contributed by atoms with van der Waals surface area (Å²) in [6.45, 7) is 7.85.